The lowest BCUT2D eigenvalue weighted by molar-refractivity contribution is 0.0998. The molecule has 4 heteroatoms. The molecule has 0 aliphatic heterocycles. The highest BCUT2D eigenvalue weighted by atomic mass is 16.3. The van der Waals surface area contributed by atoms with E-state index in [1.807, 2.05) is 55.6 Å². The van der Waals surface area contributed by atoms with Crippen LogP contribution in [0.1, 0.15) is 16.1 Å². The van der Waals surface area contributed by atoms with Crippen molar-refractivity contribution in [3.05, 3.63) is 65.9 Å². The van der Waals surface area contributed by atoms with Gasteiger partial charge in [0.1, 0.15) is 5.58 Å². The molecule has 3 aromatic rings. The average Bonchev–Trinajstić information content (AvgIpc) is 2.93. The lowest BCUT2D eigenvalue weighted by atomic mass is 10.1. The van der Waals surface area contributed by atoms with Gasteiger partial charge in [0.05, 0.1) is 0 Å². The predicted molar refractivity (Wildman–Crippen MR) is 83.4 cm³/mol. The summed E-state index contributed by atoms with van der Waals surface area (Å²) in [7, 11) is 1.87. The van der Waals surface area contributed by atoms with Crippen molar-refractivity contribution in [2.24, 2.45) is 0 Å². The van der Waals surface area contributed by atoms with E-state index >= 15 is 0 Å². The minimum Gasteiger partial charge on any atom is -0.451 e. The molecule has 0 unspecified atom stereocenters. The second-order valence-corrected chi connectivity index (χ2v) is 4.79. The van der Waals surface area contributed by atoms with Crippen LogP contribution in [0.4, 0.5) is 5.69 Å². The van der Waals surface area contributed by atoms with Crippen molar-refractivity contribution in [2.45, 2.75) is 6.54 Å². The Bertz CT molecular complexity index is 744. The number of amides is 1. The number of rotatable bonds is 4. The molecule has 0 atom stereocenters. The first-order valence-electron chi connectivity index (χ1n) is 6.80. The molecule has 0 aliphatic rings. The van der Waals surface area contributed by atoms with Crippen LogP contribution in [0.3, 0.4) is 0 Å². The first-order valence-corrected chi connectivity index (χ1v) is 6.80. The van der Waals surface area contributed by atoms with Crippen LogP contribution in [0.5, 0.6) is 0 Å². The molecule has 4 nitrogen and oxygen atoms in total. The minimum atomic E-state index is -0.241. The normalized spacial score (nSPS) is 10.7. The molecular weight excluding hydrogens is 264 g/mol. The van der Waals surface area contributed by atoms with Gasteiger partial charge in [-0.05, 0) is 30.8 Å². The zero-order valence-corrected chi connectivity index (χ0v) is 11.7. The minimum absolute atomic E-state index is 0.241. The lowest BCUT2D eigenvalue weighted by Gasteiger charge is -2.09. The van der Waals surface area contributed by atoms with Crippen molar-refractivity contribution in [1.82, 2.24) is 5.32 Å². The van der Waals surface area contributed by atoms with Gasteiger partial charge in [0.15, 0.2) is 5.76 Å². The second-order valence-electron chi connectivity index (χ2n) is 4.79. The van der Waals surface area contributed by atoms with E-state index in [2.05, 4.69) is 10.6 Å². The summed E-state index contributed by atoms with van der Waals surface area (Å²) >= 11 is 0. The van der Waals surface area contributed by atoms with Gasteiger partial charge in [-0.1, -0.05) is 36.4 Å². The lowest BCUT2D eigenvalue weighted by Crippen LogP contribution is -2.14. The fourth-order valence-corrected chi connectivity index (χ4v) is 2.26. The maximum Gasteiger partial charge on any atom is 0.291 e. The molecular formula is C17H16N2O2. The molecule has 0 spiro atoms. The highest BCUT2D eigenvalue weighted by Crippen LogP contribution is 2.21. The van der Waals surface area contributed by atoms with Crippen molar-refractivity contribution < 1.29 is 9.21 Å². The molecule has 0 fully saturated rings. The molecule has 1 aromatic heterocycles. The largest absolute Gasteiger partial charge is 0.451 e. The van der Waals surface area contributed by atoms with Crippen molar-refractivity contribution in [3.8, 4) is 0 Å². The number of hydrogen-bond acceptors (Lipinski definition) is 3. The smallest absolute Gasteiger partial charge is 0.291 e. The van der Waals surface area contributed by atoms with Crippen LogP contribution in [0, 0.1) is 0 Å². The van der Waals surface area contributed by atoms with Gasteiger partial charge in [-0.3, -0.25) is 4.79 Å². The highest BCUT2D eigenvalue weighted by molar-refractivity contribution is 6.04. The summed E-state index contributed by atoms with van der Waals surface area (Å²) in [5.74, 6) is 0.0743. The Morgan fingerprint density at radius 2 is 1.86 bits per heavy atom. The van der Waals surface area contributed by atoms with E-state index in [0.717, 1.165) is 16.6 Å². The molecule has 0 saturated heterocycles. The van der Waals surface area contributed by atoms with E-state index in [4.69, 9.17) is 4.42 Å². The van der Waals surface area contributed by atoms with Crippen LogP contribution < -0.4 is 10.6 Å². The Morgan fingerprint density at radius 1 is 1.10 bits per heavy atom. The monoisotopic (exact) mass is 280 g/mol. The Balaban J connectivity index is 1.86. The molecule has 3 rings (SSSR count). The predicted octanol–water partition coefficient (Wildman–Crippen LogP) is 3.40. The third kappa shape index (κ3) is 2.80. The summed E-state index contributed by atoms with van der Waals surface area (Å²) < 4.78 is 5.57. The molecule has 21 heavy (non-hydrogen) atoms. The zero-order chi connectivity index (χ0) is 14.7. The number of benzene rings is 2. The van der Waals surface area contributed by atoms with Gasteiger partial charge in [-0.15, -0.1) is 0 Å². The van der Waals surface area contributed by atoms with E-state index in [-0.39, 0.29) is 5.91 Å². The molecule has 2 aromatic carbocycles. The standard InChI is InChI=1S/C17H16N2O2/c1-18-11-13-7-2-4-8-14(13)19-17(20)16-10-12-6-3-5-9-15(12)21-16/h2-10,18H,11H2,1H3,(H,19,20). The zero-order valence-electron chi connectivity index (χ0n) is 11.7. The molecule has 0 saturated carbocycles. The Kier molecular flexibility index (Phi) is 3.71. The van der Waals surface area contributed by atoms with Gasteiger partial charge >= 0.3 is 0 Å². The van der Waals surface area contributed by atoms with E-state index < -0.39 is 0 Å². The van der Waals surface area contributed by atoms with Gasteiger partial charge < -0.3 is 15.1 Å². The van der Waals surface area contributed by atoms with Crippen molar-refractivity contribution >= 4 is 22.6 Å². The number of carbonyl (C=O) groups is 1. The third-order valence-corrected chi connectivity index (χ3v) is 3.28. The molecule has 2 N–H and O–H groups in total. The van der Waals surface area contributed by atoms with Crippen LogP contribution in [0.25, 0.3) is 11.0 Å². The van der Waals surface area contributed by atoms with Crippen LogP contribution in [-0.4, -0.2) is 13.0 Å². The first-order chi connectivity index (χ1) is 10.3. The van der Waals surface area contributed by atoms with Gasteiger partial charge in [0, 0.05) is 17.6 Å². The van der Waals surface area contributed by atoms with Gasteiger partial charge in [-0.2, -0.15) is 0 Å². The third-order valence-electron chi connectivity index (χ3n) is 3.28. The summed E-state index contributed by atoms with van der Waals surface area (Å²) in [6, 6.07) is 17.0. The van der Waals surface area contributed by atoms with Crippen molar-refractivity contribution in [2.75, 3.05) is 12.4 Å². The maximum absolute atomic E-state index is 12.3. The van der Waals surface area contributed by atoms with Gasteiger partial charge in [-0.25, -0.2) is 0 Å². The molecule has 1 amide bonds. The summed E-state index contributed by atoms with van der Waals surface area (Å²) in [4.78, 5) is 12.3. The summed E-state index contributed by atoms with van der Waals surface area (Å²) in [5.41, 5.74) is 2.54. The number of hydrogen-bond donors (Lipinski definition) is 2. The van der Waals surface area contributed by atoms with Crippen LogP contribution in [0.2, 0.25) is 0 Å². The van der Waals surface area contributed by atoms with E-state index in [1.54, 1.807) is 6.07 Å². The van der Waals surface area contributed by atoms with Crippen molar-refractivity contribution in [1.29, 1.82) is 0 Å². The number of para-hydroxylation sites is 2. The Labute approximate surface area is 122 Å². The SMILES string of the molecule is CNCc1ccccc1NC(=O)c1cc2ccccc2o1. The van der Waals surface area contributed by atoms with Gasteiger partial charge in [0.25, 0.3) is 5.91 Å². The van der Waals surface area contributed by atoms with Gasteiger partial charge in [0.2, 0.25) is 0 Å². The number of furan rings is 1. The van der Waals surface area contributed by atoms with Crippen LogP contribution >= 0.6 is 0 Å². The number of fused-ring (bicyclic) bond motifs is 1. The molecule has 1 heterocycles. The van der Waals surface area contributed by atoms with E-state index in [1.165, 1.54) is 0 Å². The Hall–Kier alpha value is -2.59. The molecule has 0 aliphatic carbocycles. The summed E-state index contributed by atoms with van der Waals surface area (Å²) in [6.07, 6.45) is 0. The van der Waals surface area contributed by atoms with E-state index in [0.29, 0.717) is 17.9 Å². The molecule has 0 bridgehead atoms. The van der Waals surface area contributed by atoms with Crippen molar-refractivity contribution in [3.63, 3.8) is 0 Å². The number of nitrogens with one attached hydrogen (secondary N) is 2. The van der Waals surface area contributed by atoms with Crippen LogP contribution in [-0.2, 0) is 6.54 Å². The van der Waals surface area contributed by atoms with Crippen LogP contribution in [0.15, 0.2) is 59.0 Å². The number of anilines is 1. The van der Waals surface area contributed by atoms with E-state index in [9.17, 15) is 4.79 Å². The fourth-order valence-electron chi connectivity index (χ4n) is 2.26. The highest BCUT2D eigenvalue weighted by Gasteiger charge is 2.13. The summed E-state index contributed by atoms with van der Waals surface area (Å²) in [6.45, 7) is 0.691. The first kappa shape index (κ1) is 13.4. The average molecular weight is 280 g/mol. The quantitative estimate of drug-likeness (QED) is 0.770. The Morgan fingerprint density at radius 3 is 2.67 bits per heavy atom. The maximum atomic E-state index is 12.3. The fraction of sp³-hybridized carbons (Fsp3) is 0.118. The topological polar surface area (TPSA) is 54.3 Å². The summed E-state index contributed by atoms with van der Waals surface area (Å²) in [5, 5.41) is 6.91. The molecule has 106 valence electrons. The molecule has 0 radical (unpaired) electrons. The number of carbonyl (C=O) groups excluding carboxylic acids is 1. The second kappa shape index (κ2) is 5.81.